The van der Waals surface area contributed by atoms with Crippen LogP contribution in [0.25, 0.3) is 0 Å². The highest BCUT2D eigenvalue weighted by molar-refractivity contribution is 5.78. The SMILES string of the molecule is CONC(=O)C1CCCCC1(C)C. The molecule has 1 N–H and O–H groups in total. The molecule has 13 heavy (non-hydrogen) atoms. The number of hydroxylamine groups is 1. The number of amides is 1. The van der Waals surface area contributed by atoms with Crippen LogP contribution >= 0.6 is 0 Å². The summed E-state index contributed by atoms with van der Waals surface area (Å²) < 4.78 is 0. The van der Waals surface area contributed by atoms with Crippen LogP contribution in [0.5, 0.6) is 0 Å². The zero-order valence-corrected chi connectivity index (χ0v) is 8.72. The van der Waals surface area contributed by atoms with E-state index in [9.17, 15) is 4.79 Å². The molecule has 3 heteroatoms. The molecule has 1 rings (SSSR count). The van der Waals surface area contributed by atoms with Gasteiger partial charge in [0.25, 0.3) is 0 Å². The lowest BCUT2D eigenvalue weighted by Gasteiger charge is -2.37. The van der Waals surface area contributed by atoms with E-state index < -0.39 is 0 Å². The summed E-state index contributed by atoms with van der Waals surface area (Å²) in [7, 11) is 1.48. The number of carbonyl (C=O) groups is 1. The molecule has 0 spiro atoms. The van der Waals surface area contributed by atoms with Crippen molar-refractivity contribution in [2.75, 3.05) is 7.11 Å². The van der Waals surface area contributed by atoms with E-state index in [1.165, 1.54) is 13.5 Å². The molecular formula is C10H19NO2. The molecule has 0 radical (unpaired) electrons. The van der Waals surface area contributed by atoms with Crippen LogP contribution in [0.3, 0.4) is 0 Å². The zero-order valence-electron chi connectivity index (χ0n) is 8.72. The molecule has 0 saturated heterocycles. The minimum atomic E-state index is 0.0344. The first-order chi connectivity index (χ1) is 6.08. The summed E-state index contributed by atoms with van der Waals surface area (Å²) in [5.74, 6) is 0.147. The van der Waals surface area contributed by atoms with Gasteiger partial charge >= 0.3 is 0 Å². The van der Waals surface area contributed by atoms with Gasteiger partial charge in [-0.25, -0.2) is 5.48 Å². The molecule has 0 aromatic rings. The molecule has 1 atom stereocenters. The van der Waals surface area contributed by atoms with Gasteiger partial charge in [0.1, 0.15) is 0 Å². The molecular weight excluding hydrogens is 166 g/mol. The summed E-state index contributed by atoms with van der Waals surface area (Å²) in [5.41, 5.74) is 2.56. The molecule has 1 fully saturated rings. The van der Waals surface area contributed by atoms with Crippen molar-refractivity contribution in [1.82, 2.24) is 5.48 Å². The minimum Gasteiger partial charge on any atom is -0.277 e. The smallest absolute Gasteiger partial charge is 0.247 e. The topological polar surface area (TPSA) is 38.3 Å². The number of nitrogens with one attached hydrogen (secondary N) is 1. The van der Waals surface area contributed by atoms with Gasteiger partial charge in [-0.1, -0.05) is 26.7 Å². The maximum absolute atomic E-state index is 11.6. The number of rotatable bonds is 2. The lowest BCUT2D eigenvalue weighted by molar-refractivity contribution is -0.141. The van der Waals surface area contributed by atoms with Crippen LogP contribution in [0.1, 0.15) is 39.5 Å². The first-order valence-electron chi connectivity index (χ1n) is 4.91. The Hall–Kier alpha value is -0.570. The fourth-order valence-electron chi connectivity index (χ4n) is 2.15. The van der Waals surface area contributed by atoms with Crippen molar-refractivity contribution >= 4 is 5.91 Å². The van der Waals surface area contributed by atoms with E-state index in [0.29, 0.717) is 0 Å². The first kappa shape index (κ1) is 10.5. The quantitative estimate of drug-likeness (QED) is 0.667. The lowest BCUT2D eigenvalue weighted by Crippen LogP contribution is -2.40. The molecule has 0 aromatic carbocycles. The van der Waals surface area contributed by atoms with E-state index >= 15 is 0 Å². The molecule has 76 valence electrons. The molecule has 0 aromatic heterocycles. The molecule has 0 bridgehead atoms. The van der Waals surface area contributed by atoms with Crippen LogP contribution in [0, 0.1) is 11.3 Å². The molecule has 3 nitrogen and oxygen atoms in total. The van der Waals surface area contributed by atoms with Crippen LogP contribution < -0.4 is 5.48 Å². The molecule has 1 aliphatic rings. The summed E-state index contributed by atoms with van der Waals surface area (Å²) in [6.07, 6.45) is 4.52. The molecule has 1 unspecified atom stereocenters. The average Bonchev–Trinajstić information content (AvgIpc) is 2.03. The molecule has 0 heterocycles. The van der Waals surface area contributed by atoms with Crippen molar-refractivity contribution in [2.24, 2.45) is 11.3 Å². The minimum absolute atomic E-state index is 0.0344. The highest BCUT2D eigenvalue weighted by Crippen LogP contribution is 2.40. The summed E-state index contributed by atoms with van der Waals surface area (Å²) in [6, 6.07) is 0. The van der Waals surface area contributed by atoms with Crippen molar-refractivity contribution in [3.8, 4) is 0 Å². The Bertz CT molecular complexity index is 189. The maximum atomic E-state index is 11.6. The summed E-state index contributed by atoms with van der Waals surface area (Å²) in [6.45, 7) is 4.32. The van der Waals surface area contributed by atoms with Crippen LogP contribution in [-0.4, -0.2) is 13.0 Å². The maximum Gasteiger partial charge on any atom is 0.247 e. The van der Waals surface area contributed by atoms with Crippen LogP contribution in [-0.2, 0) is 9.63 Å². The Morgan fingerprint density at radius 3 is 2.69 bits per heavy atom. The van der Waals surface area contributed by atoms with Gasteiger partial charge in [-0.3, -0.25) is 9.63 Å². The van der Waals surface area contributed by atoms with Crippen LogP contribution in [0.4, 0.5) is 0 Å². The van der Waals surface area contributed by atoms with Crippen molar-refractivity contribution < 1.29 is 9.63 Å². The van der Waals surface area contributed by atoms with Crippen molar-refractivity contribution in [1.29, 1.82) is 0 Å². The monoisotopic (exact) mass is 185 g/mol. The molecule has 1 saturated carbocycles. The lowest BCUT2D eigenvalue weighted by atomic mass is 9.68. The Morgan fingerprint density at radius 2 is 2.15 bits per heavy atom. The van der Waals surface area contributed by atoms with Gasteiger partial charge in [-0.2, -0.15) is 0 Å². The van der Waals surface area contributed by atoms with Gasteiger partial charge in [0.2, 0.25) is 5.91 Å². The third-order valence-electron chi connectivity index (χ3n) is 3.03. The standard InChI is InChI=1S/C10H19NO2/c1-10(2)7-5-4-6-8(10)9(12)11-13-3/h8H,4-7H2,1-3H3,(H,11,12). The Labute approximate surface area is 79.8 Å². The van der Waals surface area contributed by atoms with E-state index in [4.69, 9.17) is 0 Å². The van der Waals surface area contributed by atoms with Crippen LogP contribution in [0.15, 0.2) is 0 Å². The second-order valence-corrected chi connectivity index (χ2v) is 4.46. The normalized spacial score (nSPS) is 26.8. The van der Waals surface area contributed by atoms with E-state index in [1.807, 2.05) is 0 Å². The van der Waals surface area contributed by atoms with Gasteiger partial charge in [0, 0.05) is 5.92 Å². The highest BCUT2D eigenvalue weighted by Gasteiger charge is 2.37. The van der Waals surface area contributed by atoms with Crippen molar-refractivity contribution in [3.05, 3.63) is 0 Å². The first-order valence-corrected chi connectivity index (χ1v) is 4.91. The van der Waals surface area contributed by atoms with Gasteiger partial charge < -0.3 is 0 Å². The highest BCUT2D eigenvalue weighted by atomic mass is 16.6. The fourth-order valence-corrected chi connectivity index (χ4v) is 2.15. The van der Waals surface area contributed by atoms with Gasteiger partial charge in [-0.15, -0.1) is 0 Å². The predicted octanol–water partition coefficient (Wildman–Crippen LogP) is 1.88. The van der Waals surface area contributed by atoms with E-state index in [0.717, 1.165) is 19.3 Å². The summed E-state index contributed by atoms with van der Waals surface area (Å²) >= 11 is 0. The predicted molar refractivity (Wildman–Crippen MR) is 50.9 cm³/mol. The summed E-state index contributed by atoms with van der Waals surface area (Å²) in [5, 5.41) is 0. The third-order valence-corrected chi connectivity index (χ3v) is 3.03. The molecule has 0 aliphatic heterocycles. The average molecular weight is 185 g/mol. The molecule has 1 amide bonds. The number of hydrogen-bond acceptors (Lipinski definition) is 2. The van der Waals surface area contributed by atoms with Crippen molar-refractivity contribution in [3.63, 3.8) is 0 Å². The van der Waals surface area contributed by atoms with Gasteiger partial charge in [-0.05, 0) is 18.3 Å². The van der Waals surface area contributed by atoms with Gasteiger partial charge in [0.05, 0.1) is 7.11 Å². The Morgan fingerprint density at radius 1 is 1.46 bits per heavy atom. The van der Waals surface area contributed by atoms with Crippen LogP contribution in [0.2, 0.25) is 0 Å². The fraction of sp³-hybridized carbons (Fsp3) is 0.900. The third kappa shape index (κ3) is 2.44. The van der Waals surface area contributed by atoms with Gasteiger partial charge in [0.15, 0.2) is 0 Å². The van der Waals surface area contributed by atoms with Crippen molar-refractivity contribution in [2.45, 2.75) is 39.5 Å². The number of carbonyl (C=O) groups excluding carboxylic acids is 1. The number of hydrogen-bond donors (Lipinski definition) is 1. The zero-order chi connectivity index (χ0) is 9.90. The van der Waals surface area contributed by atoms with E-state index in [-0.39, 0.29) is 17.2 Å². The second kappa shape index (κ2) is 4.09. The van der Waals surface area contributed by atoms with E-state index in [2.05, 4.69) is 24.2 Å². The molecule has 1 aliphatic carbocycles. The largest absolute Gasteiger partial charge is 0.277 e. The Balaban J connectivity index is 2.59. The Kier molecular flexibility index (Phi) is 3.31. The van der Waals surface area contributed by atoms with E-state index in [1.54, 1.807) is 0 Å². The second-order valence-electron chi connectivity index (χ2n) is 4.46. The summed E-state index contributed by atoms with van der Waals surface area (Å²) in [4.78, 5) is 16.2.